The number of aromatic nitrogens is 2. The molecule has 0 saturated carbocycles. The number of nitrogens with one attached hydrogen (secondary N) is 1. The number of para-hydroxylation sites is 2. The van der Waals surface area contributed by atoms with Crippen LogP contribution >= 0.6 is 12.2 Å². The van der Waals surface area contributed by atoms with Gasteiger partial charge in [0, 0.05) is 50.7 Å². The summed E-state index contributed by atoms with van der Waals surface area (Å²) < 4.78 is 16.4. The summed E-state index contributed by atoms with van der Waals surface area (Å²) in [7, 11) is 3.26. The molecule has 2 aliphatic rings. The van der Waals surface area contributed by atoms with Crippen LogP contribution in [0.15, 0.2) is 42.7 Å². The molecule has 0 atom stereocenters. The smallest absolute Gasteiger partial charge is 0.173 e. The number of fused-ring (bicyclic) bond motifs is 1. The van der Waals surface area contributed by atoms with E-state index >= 15 is 0 Å². The largest absolute Gasteiger partial charge is 0.493 e. The van der Waals surface area contributed by atoms with Gasteiger partial charge in [-0.25, -0.2) is 9.97 Å². The van der Waals surface area contributed by atoms with Gasteiger partial charge in [-0.2, -0.15) is 0 Å². The molecule has 2 aromatic carbocycles. The highest BCUT2D eigenvalue weighted by atomic mass is 32.1. The van der Waals surface area contributed by atoms with E-state index in [4.69, 9.17) is 26.4 Å². The predicted octanol–water partition coefficient (Wildman–Crippen LogP) is 3.00. The minimum atomic E-state index is 0.656. The third-order valence-electron chi connectivity index (χ3n) is 6.48. The zero-order valence-corrected chi connectivity index (χ0v) is 20.9. The van der Waals surface area contributed by atoms with Crippen molar-refractivity contribution in [2.75, 3.05) is 81.8 Å². The molecule has 2 fully saturated rings. The normalized spacial score (nSPS) is 16.3. The fourth-order valence-electron chi connectivity index (χ4n) is 4.60. The first-order valence-electron chi connectivity index (χ1n) is 11.8. The number of ether oxygens (including phenoxy) is 3. The van der Waals surface area contributed by atoms with Gasteiger partial charge in [0.25, 0.3) is 0 Å². The van der Waals surface area contributed by atoms with Crippen molar-refractivity contribution in [1.29, 1.82) is 0 Å². The van der Waals surface area contributed by atoms with Crippen LogP contribution in [0.4, 0.5) is 17.2 Å². The van der Waals surface area contributed by atoms with Gasteiger partial charge in [0.2, 0.25) is 0 Å². The number of methoxy groups -OCH3 is 2. The molecule has 0 radical (unpaired) electrons. The number of nitrogens with zero attached hydrogens (tertiary/aromatic N) is 5. The molecule has 0 amide bonds. The minimum absolute atomic E-state index is 0.656. The molecule has 1 N–H and O–H groups in total. The summed E-state index contributed by atoms with van der Waals surface area (Å²) in [6, 6.07) is 12.2. The average molecular weight is 495 g/mol. The quantitative estimate of drug-likeness (QED) is 0.535. The van der Waals surface area contributed by atoms with Crippen molar-refractivity contribution >= 4 is 45.4 Å². The van der Waals surface area contributed by atoms with E-state index in [1.165, 1.54) is 0 Å². The fraction of sp³-hybridized carbons (Fsp3) is 0.400. The SMILES string of the molecule is COc1cc2ncnc(N3CCN(C(=S)Nc4ccccc4N4CCOCC4)CC3)c2cc1OC. The standard InChI is InChI=1S/C25H30N6O3S/c1-32-22-15-18-20(16-23(22)33-2)26-17-27-24(18)30-7-9-31(10-8-30)25(35)28-19-5-3-4-6-21(19)29-11-13-34-14-12-29/h3-6,15-17H,7-14H2,1-2H3,(H,28,35). The van der Waals surface area contributed by atoms with E-state index in [1.54, 1.807) is 20.5 Å². The summed E-state index contributed by atoms with van der Waals surface area (Å²) >= 11 is 5.81. The van der Waals surface area contributed by atoms with Crippen molar-refractivity contribution in [3.63, 3.8) is 0 Å². The van der Waals surface area contributed by atoms with Crippen molar-refractivity contribution in [2.45, 2.75) is 0 Å². The Hall–Kier alpha value is -3.37. The molecule has 0 bridgehead atoms. The Morgan fingerprint density at radius 1 is 0.914 bits per heavy atom. The molecule has 0 aliphatic carbocycles. The first-order valence-corrected chi connectivity index (χ1v) is 12.2. The molecule has 0 spiro atoms. The predicted molar refractivity (Wildman–Crippen MR) is 142 cm³/mol. The number of morpholine rings is 1. The van der Waals surface area contributed by atoms with Crippen molar-refractivity contribution in [3.8, 4) is 11.5 Å². The van der Waals surface area contributed by atoms with Crippen LogP contribution in [0, 0.1) is 0 Å². The van der Waals surface area contributed by atoms with E-state index in [-0.39, 0.29) is 0 Å². The zero-order chi connectivity index (χ0) is 24.2. The number of hydrogen-bond donors (Lipinski definition) is 1. The summed E-state index contributed by atoms with van der Waals surface area (Å²) in [5, 5.41) is 5.17. The van der Waals surface area contributed by atoms with E-state index in [0.717, 1.165) is 85.7 Å². The number of rotatable bonds is 5. The second-order valence-electron chi connectivity index (χ2n) is 8.44. The molecular formula is C25H30N6O3S. The van der Waals surface area contributed by atoms with E-state index in [0.29, 0.717) is 11.5 Å². The summed E-state index contributed by atoms with van der Waals surface area (Å²) in [5.74, 6) is 2.22. The van der Waals surface area contributed by atoms with Crippen LogP contribution in [0.25, 0.3) is 10.9 Å². The maximum atomic E-state index is 5.81. The Kier molecular flexibility index (Phi) is 7.01. The minimum Gasteiger partial charge on any atom is -0.493 e. The van der Waals surface area contributed by atoms with Crippen LogP contribution in [0.5, 0.6) is 11.5 Å². The van der Waals surface area contributed by atoms with Crippen LogP contribution in [0.1, 0.15) is 0 Å². The zero-order valence-electron chi connectivity index (χ0n) is 20.1. The maximum Gasteiger partial charge on any atom is 0.173 e. The number of anilines is 3. The van der Waals surface area contributed by atoms with Crippen LogP contribution in [-0.4, -0.2) is 86.7 Å². The Morgan fingerprint density at radius 2 is 1.63 bits per heavy atom. The lowest BCUT2D eigenvalue weighted by Crippen LogP contribution is -2.50. The number of thiocarbonyl (C=S) groups is 1. The van der Waals surface area contributed by atoms with Gasteiger partial charge in [-0.1, -0.05) is 12.1 Å². The van der Waals surface area contributed by atoms with Gasteiger partial charge in [-0.3, -0.25) is 0 Å². The molecule has 3 heterocycles. The van der Waals surface area contributed by atoms with Gasteiger partial charge >= 0.3 is 0 Å². The molecule has 2 aliphatic heterocycles. The van der Waals surface area contributed by atoms with Crippen molar-refractivity contribution in [1.82, 2.24) is 14.9 Å². The second kappa shape index (κ2) is 10.5. The first-order chi connectivity index (χ1) is 17.2. The first kappa shape index (κ1) is 23.4. The van der Waals surface area contributed by atoms with Crippen LogP contribution < -0.4 is 24.6 Å². The highest BCUT2D eigenvalue weighted by Crippen LogP contribution is 2.35. The Morgan fingerprint density at radius 3 is 2.37 bits per heavy atom. The van der Waals surface area contributed by atoms with Gasteiger partial charge in [0.1, 0.15) is 12.1 Å². The van der Waals surface area contributed by atoms with Crippen molar-refractivity contribution in [3.05, 3.63) is 42.7 Å². The van der Waals surface area contributed by atoms with Gasteiger partial charge < -0.3 is 34.2 Å². The van der Waals surface area contributed by atoms with Crippen LogP contribution in [-0.2, 0) is 4.74 Å². The lowest BCUT2D eigenvalue weighted by molar-refractivity contribution is 0.123. The lowest BCUT2D eigenvalue weighted by atomic mass is 10.2. The molecule has 3 aromatic rings. The molecule has 184 valence electrons. The summed E-state index contributed by atoms with van der Waals surface area (Å²) in [6.45, 7) is 6.45. The third kappa shape index (κ3) is 4.89. The molecule has 0 unspecified atom stereocenters. The van der Waals surface area contributed by atoms with Crippen molar-refractivity contribution < 1.29 is 14.2 Å². The van der Waals surface area contributed by atoms with Crippen LogP contribution in [0.2, 0.25) is 0 Å². The van der Waals surface area contributed by atoms with Gasteiger partial charge in [-0.15, -0.1) is 0 Å². The van der Waals surface area contributed by atoms with E-state index < -0.39 is 0 Å². The number of hydrogen-bond acceptors (Lipinski definition) is 8. The topological polar surface area (TPSA) is 75.2 Å². The molecule has 1 aromatic heterocycles. The number of benzene rings is 2. The molecular weight excluding hydrogens is 464 g/mol. The summed E-state index contributed by atoms with van der Waals surface area (Å²) in [5.41, 5.74) is 3.02. The fourth-order valence-corrected chi connectivity index (χ4v) is 4.89. The third-order valence-corrected chi connectivity index (χ3v) is 6.84. The lowest BCUT2D eigenvalue weighted by Gasteiger charge is -2.37. The number of piperazine rings is 1. The Balaban J connectivity index is 1.27. The monoisotopic (exact) mass is 494 g/mol. The summed E-state index contributed by atoms with van der Waals surface area (Å²) in [4.78, 5) is 15.9. The molecule has 10 heteroatoms. The van der Waals surface area contributed by atoms with Gasteiger partial charge in [-0.05, 0) is 30.4 Å². The van der Waals surface area contributed by atoms with E-state index in [2.05, 4.69) is 48.2 Å². The average Bonchev–Trinajstić information content (AvgIpc) is 2.92. The summed E-state index contributed by atoms with van der Waals surface area (Å²) in [6.07, 6.45) is 1.60. The Labute approximate surface area is 210 Å². The highest BCUT2D eigenvalue weighted by molar-refractivity contribution is 7.80. The van der Waals surface area contributed by atoms with Gasteiger partial charge in [0.05, 0.1) is 44.3 Å². The van der Waals surface area contributed by atoms with E-state index in [1.807, 2.05) is 18.2 Å². The highest BCUT2D eigenvalue weighted by Gasteiger charge is 2.23. The molecule has 35 heavy (non-hydrogen) atoms. The molecule has 9 nitrogen and oxygen atoms in total. The van der Waals surface area contributed by atoms with E-state index in [9.17, 15) is 0 Å². The molecule has 2 saturated heterocycles. The molecule has 5 rings (SSSR count). The van der Waals surface area contributed by atoms with Crippen molar-refractivity contribution in [2.24, 2.45) is 0 Å². The van der Waals surface area contributed by atoms with Crippen LogP contribution in [0.3, 0.4) is 0 Å². The second-order valence-corrected chi connectivity index (χ2v) is 8.83. The maximum absolute atomic E-state index is 5.81. The Bertz CT molecular complexity index is 1200. The van der Waals surface area contributed by atoms with Gasteiger partial charge in [0.15, 0.2) is 16.6 Å².